The molecule has 0 unspecified atom stereocenters. The second-order valence-corrected chi connectivity index (χ2v) is 3.92. The van der Waals surface area contributed by atoms with E-state index in [4.69, 9.17) is 28.5 Å². The Bertz CT molecular complexity index is 371. The molecule has 1 rings (SSSR count). The Morgan fingerprint density at radius 1 is 1.47 bits per heavy atom. The Kier molecular flexibility index (Phi) is 4.74. The summed E-state index contributed by atoms with van der Waals surface area (Å²) in [5, 5.41) is 9.16. The van der Waals surface area contributed by atoms with E-state index in [1.807, 2.05) is 30.1 Å². The quantitative estimate of drug-likeness (QED) is 0.757. The highest BCUT2D eigenvalue weighted by Gasteiger charge is 2.06. The first-order valence-corrected chi connectivity index (χ1v) is 5.52. The number of alkyl halides is 1. The van der Waals surface area contributed by atoms with Gasteiger partial charge in [-0.3, -0.25) is 0 Å². The van der Waals surface area contributed by atoms with E-state index >= 15 is 0 Å². The summed E-state index contributed by atoms with van der Waals surface area (Å²) < 4.78 is 0. The van der Waals surface area contributed by atoms with Crippen LogP contribution in [0, 0.1) is 11.3 Å². The summed E-state index contributed by atoms with van der Waals surface area (Å²) in [5.41, 5.74) is 1.93. The van der Waals surface area contributed by atoms with Gasteiger partial charge in [-0.15, -0.1) is 11.6 Å². The van der Waals surface area contributed by atoms with Crippen molar-refractivity contribution >= 4 is 28.9 Å². The Morgan fingerprint density at radius 3 is 2.73 bits per heavy atom. The smallest absolute Gasteiger partial charge is 0.0642 e. The third-order valence-corrected chi connectivity index (χ3v) is 2.75. The lowest BCUT2D eigenvalue weighted by atomic mass is 10.2. The zero-order valence-corrected chi connectivity index (χ0v) is 10.0. The molecule has 0 amide bonds. The van der Waals surface area contributed by atoms with Gasteiger partial charge in [-0.05, 0) is 17.7 Å². The maximum absolute atomic E-state index is 8.49. The highest BCUT2D eigenvalue weighted by atomic mass is 35.5. The summed E-state index contributed by atoms with van der Waals surface area (Å²) >= 11 is 11.8. The van der Waals surface area contributed by atoms with E-state index < -0.39 is 0 Å². The van der Waals surface area contributed by atoms with Gasteiger partial charge in [-0.2, -0.15) is 5.26 Å². The molecule has 0 saturated carbocycles. The van der Waals surface area contributed by atoms with Gasteiger partial charge in [0.05, 0.1) is 23.2 Å². The van der Waals surface area contributed by atoms with Gasteiger partial charge in [0.2, 0.25) is 0 Å². The van der Waals surface area contributed by atoms with Crippen molar-refractivity contribution in [1.82, 2.24) is 0 Å². The highest BCUT2D eigenvalue weighted by molar-refractivity contribution is 6.33. The molecule has 1 aromatic rings. The van der Waals surface area contributed by atoms with Gasteiger partial charge in [0, 0.05) is 19.5 Å². The molecule has 80 valence electrons. The van der Waals surface area contributed by atoms with Crippen molar-refractivity contribution in [3.05, 3.63) is 28.8 Å². The fourth-order valence-electron chi connectivity index (χ4n) is 1.28. The maximum atomic E-state index is 8.49. The molecule has 0 heterocycles. The lowest BCUT2D eigenvalue weighted by molar-refractivity contribution is 0.905. The average molecular weight is 243 g/mol. The van der Waals surface area contributed by atoms with E-state index in [9.17, 15) is 0 Å². The molecule has 0 saturated heterocycles. The van der Waals surface area contributed by atoms with Gasteiger partial charge >= 0.3 is 0 Å². The Labute approximate surface area is 100 Å². The van der Waals surface area contributed by atoms with Gasteiger partial charge < -0.3 is 4.90 Å². The Balaban J connectivity index is 2.81. The van der Waals surface area contributed by atoms with Crippen molar-refractivity contribution in [3.8, 4) is 6.07 Å². The number of hydrogen-bond acceptors (Lipinski definition) is 2. The van der Waals surface area contributed by atoms with Crippen molar-refractivity contribution in [3.63, 3.8) is 0 Å². The van der Waals surface area contributed by atoms with Crippen LogP contribution >= 0.6 is 23.2 Å². The van der Waals surface area contributed by atoms with Crippen LogP contribution < -0.4 is 4.90 Å². The molecule has 2 nitrogen and oxygen atoms in total. The summed E-state index contributed by atoms with van der Waals surface area (Å²) in [6.07, 6.45) is 0.490. The third kappa shape index (κ3) is 3.30. The number of halogens is 2. The summed E-state index contributed by atoms with van der Waals surface area (Å²) in [6, 6.07) is 7.83. The molecule has 0 bridgehead atoms. The molecule has 0 aliphatic heterocycles. The monoisotopic (exact) mass is 242 g/mol. The number of anilines is 1. The lowest BCUT2D eigenvalue weighted by Gasteiger charge is -2.19. The lowest BCUT2D eigenvalue weighted by Crippen LogP contribution is -2.18. The molecule has 15 heavy (non-hydrogen) atoms. The molecule has 0 atom stereocenters. The van der Waals surface area contributed by atoms with Crippen LogP contribution in [-0.4, -0.2) is 13.6 Å². The topological polar surface area (TPSA) is 27.0 Å². The van der Waals surface area contributed by atoms with Crippen LogP contribution in [0.4, 0.5) is 5.69 Å². The van der Waals surface area contributed by atoms with E-state index in [-0.39, 0.29) is 0 Å². The van der Waals surface area contributed by atoms with Crippen LogP contribution in [-0.2, 0) is 5.88 Å². The van der Waals surface area contributed by atoms with Crippen molar-refractivity contribution in [2.24, 2.45) is 0 Å². The zero-order valence-electron chi connectivity index (χ0n) is 8.50. The molecule has 0 aromatic heterocycles. The SMILES string of the molecule is CN(CCC#N)c1ccc(CCl)cc1Cl. The fourth-order valence-corrected chi connectivity index (χ4v) is 1.79. The van der Waals surface area contributed by atoms with Gasteiger partial charge in [0.15, 0.2) is 0 Å². The number of benzene rings is 1. The van der Waals surface area contributed by atoms with E-state index in [1.165, 1.54) is 0 Å². The standard InChI is InChI=1S/C11H12Cl2N2/c1-15(6-2-5-14)11-4-3-9(8-12)7-10(11)13/h3-4,7H,2,6,8H2,1H3. The van der Waals surface area contributed by atoms with Crippen LogP contribution in [0.25, 0.3) is 0 Å². The molecule has 0 radical (unpaired) electrons. The van der Waals surface area contributed by atoms with E-state index in [2.05, 4.69) is 6.07 Å². The molecular formula is C11H12Cl2N2. The van der Waals surface area contributed by atoms with Gasteiger partial charge in [-0.1, -0.05) is 17.7 Å². The maximum Gasteiger partial charge on any atom is 0.0642 e. The van der Waals surface area contributed by atoms with Crippen LogP contribution in [0.1, 0.15) is 12.0 Å². The third-order valence-electron chi connectivity index (χ3n) is 2.14. The van der Waals surface area contributed by atoms with E-state index in [1.54, 1.807) is 0 Å². The summed E-state index contributed by atoms with van der Waals surface area (Å²) in [5.74, 6) is 0.460. The van der Waals surface area contributed by atoms with Crippen LogP contribution in [0.5, 0.6) is 0 Å². The first kappa shape index (κ1) is 12.2. The molecule has 0 aliphatic rings. The van der Waals surface area contributed by atoms with Crippen molar-refractivity contribution < 1.29 is 0 Å². The number of rotatable bonds is 4. The molecular weight excluding hydrogens is 231 g/mol. The average Bonchev–Trinajstić information content (AvgIpc) is 2.25. The number of nitrogens with zero attached hydrogens (tertiary/aromatic N) is 2. The summed E-state index contributed by atoms with van der Waals surface area (Å²) in [4.78, 5) is 1.96. The highest BCUT2D eigenvalue weighted by Crippen LogP contribution is 2.26. The second kappa shape index (κ2) is 5.85. The van der Waals surface area contributed by atoms with Gasteiger partial charge in [0.1, 0.15) is 0 Å². The molecule has 0 aliphatic carbocycles. The Morgan fingerprint density at radius 2 is 2.20 bits per heavy atom. The molecule has 0 spiro atoms. The Hall–Kier alpha value is -0.910. The van der Waals surface area contributed by atoms with E-state index in [0.717, 1.165) is 11.3 Å². The van der Waals surface area contributed by atoms with Gasteiger partial charge in [0.25, 0.3) is 0 Å². The summed E-state index contributed by atoms with van der Waals surface area (Å²) in [6.45, 7) is 0.677. The van der Waals surface area contributed by atoms with Crippen molar-refractivity contribution in [1.29, 1.82) is 5.26 Å². The van der Waals surface area contributed by atoms with Crippen LogP contribution in [0.3, 0.4) is 0 Å². The minimum atomic E-state index is 0.460. The van der Waals surface area contributed by atoms with Gasteiger partial charge in [-0.25, -0.2) is 0 Å². The number of hydrogen-bond donors (Lipinski definition) is 0. The number of nitriles is 1. The molecule has 1 aromatic carbocycles. The zero-order chi connectivity index (χ0) is 11.3. The second-order valence-electron chi connectivity index (χ2n) is 3.25. The molecule has 4 heteroatoms. The minimum absolute atomic E-state index is 0.460. The fraction of sp³-hybridized carbons (Fsp3) is 0.364. The minimum Gasteiger partial charge on any atom is -0.372 e. The molecule has 0 N–H and O–H groups in total. The van der Waals surface area contributed by atoms with Crippen LogP contribution in [0.2, 0.25) is 5.02 Å². The van der Waals surface area contributed by atoms with Crippen molar-refractivity contribution in [2.45, 2.75) is 12.3 Å². The predicted molar refractivity (Wildman–Crippen MR) is 64.5 cm³/mol. The predicted octanol–water partition coefficient (Wildman–Crippen LogP) is 3.43. The molecule has 0 fully saturated rings. The largest absolute Gasteiger partial charge is 0.372 e. The first-order chi connectivity index (χ1) is 7.19. The van der Waals surface area contributed by atoms with E-state index in [0.29, 0.717) is 23.9 Å². The summed E-state index contributed by atoms with van der Waals surface area (Å²) in [7, 11) is 1.92. The first-order valence-electron chi connectivity index (χ1n) is 4.61. The normalized spacial score (nSPS) is 9.73. The van der Waals surface area contributed by atoms with Crippen molar-refractivity contribution in [2.75, 3.05) is 18.5 Å². The van der Waals surface area contributed by atoms with Crippen LogP contribution in [0.15, 0.2) is 18.2 Å².